The molecule has 4 aliphatic rings. The molecule has 1 aliphatic heterocycles. The molecule has 2 bridgehead atoms. The number of nitrogens with one attached hydrogen (secondary N) is 1. The van der Waals surface area contributed by atoms with E-state index in [1.165, 1.54) is 12.8 Å². The van der Waals surface area contributed by atoms with Gasteiger partial charge in [-0.1, -0.05) is 11.6 Å². The Kier molecular flexibility index (Phi) is 2.77. The first-order valence-electron chi connectivity index (χ1n) is 8.08. The molecule has 22 heavy (non-hydrogen) atoms. The standard InChI is InChI=1S/C17H18ClNO3/c18-9-1-3-10(4-2-9)19-17(20)22-13-6-8-5-11(13)12-7-14-16(21-14)15(8)12/h1-4,8,11-16H,5-7H2,(H,19,20)/t8-,11-,12-,13+,14-,15-,16+/m1/s1. The third-order valence-electron chi connectivity index (χ3n) is 6.03. The number of hydrogen-bond acceptors (Lipinski definition) is 3. The normalized spacial score (nSPS) is 43.6. The predicted octanol–water partition coefficient (Wildman–Crippen LogP) is 3.70. The molecule has 1 heterocycles. The molecule has 116 valence electrons. The zero-order chi connectivity index (χ0) is 14.8. The third kappa shape index (κ3) is 1.97. The van der Waals surface area contributed by atoms with Gasteiger partial charge >= 0.3 is 6.09 Å². The largest absolute Gasteiger partial charge is 0.446 e. The fourth-order valence-corrected chi connectivity index (χ4v) is 5.35. The number of hydrogen-bond donors (Lipinski definition) is 1. The highest BCUT2D eigenvalue weighted by Gasteiger charge is 2.67. The third-order valence-corrected chi connectivity index (χ3v) is 6.28. The molecule has 4 fully saturated rings. The van der Waals surface area contributed by atoms with Gasteiger partial charge in [0.1, 0.15) is 6.10 Å². The first kappa shape index (κ1) is 13.2. The number of amides is 1. The molecule has 3 aliphatic carbocycles. The van der Waals surface area contributed by atoms with E-state index < -0.39 is 0 Å². The van der Waals surface area contributed by atoms with Crippen LogP contribution in [0.15, 0.2) is 24.3 Å². The second kappa shape index (κ2) is 4.62. The van der Waals surface area contributed by atoms with Crippen LogP contribution < -0.4 is 5.32 Å². The van der Waals surface area contributed by atoms with Gasteiger partial charge in [-0.3, -0.25) is 5.32 Å². The number of fused-ring (bicyclic) bond motifs is 7. The van der Waals surface area contributed by atoms with Gasteiger partial charge in [-0.05, 0) is 67.2 Å². The number of rotatable bonds is 2. The zero-order valence-electron chi connectivity index (χ0n) is 12.1. The number of anilines is 1. The molecular weight excluding hydrogens is 302 g/mol. The number of halogens is 1. The quantitative estimate of drug-likeness (QED) is 0.846. The Bertz CT molecular complexity index is 619. The number of epoxide rings is 1. The van der Waals surface area contributed by atoms with E-state index in [9.17, 15) is 4.79 Å². The SMILES string of the molecule is O=C(Nc1ccc(Cl)cc1)O[C@H]1C[C@H]2C[C@@H]1[C@H]1C[C@H]3O[C@@H]3[C@H]21. The minimum Gasteiger partial charge on any atom is -0.446 e. The average Bonchev–Trinajstić information content (AvgIpc) is 2.84. The van der Waals surface area contributed by atoms with Crippen LogP contribution in [0, 0.1) is 23.7 Å². The predicted molar refractivity (Wildman–Crippen MR) is 81.8 cm³/mol. The van der Waals surface area contributed by atoms with Crippen LogP contribution in [-0.4, -0.2) is 24.4 Å². The lowest BCUT2D eigenvalue weighted by molar-refractivity contribution is 0.0251. The lowest BCUT2D eigenvalue weighted by atomic mass is 9.79. The van der Waals surface area contributed by atoms with Crippen molar-refractivity contribution < 1.29 is 14.3 Å². The molecule has 3 saturated carbocycles. The number of carbonyl (C=O) groups is 1. The minimum atomic E-state index is -0.351. The fourth-order valence-electron chi connectivity index (χ4n) is 5.22. The highest BCUT2D eigenvalue weighted by Crippen LogP contribution is 2.64. The van der Waals surface area contributed by atoms with Crippen molar-refractivity contribution >= 4 is 23.4 Å². The van der Waals surface area contributed by atoms with Crippen molar-refractivity contribution in [2.24, 2.45) is 23.7 Å². The highest BCUT2D eigenvalue weighted by molar-refractivity contribution is 6.30. The van der Waals surface area contributed by atoms with Crippen molar-refractivity contribution in [3.63, 3.8) is 0 Å². The molecule has 0 radical (unpaired) electrons. The van der Waals surface area contributed by atoms with E-state index in [1.807, 2.05) is 0 Å². The molecule has 1 saturated heterocycles. The summed E-state index contributed by atoms with van der Waals surface area (Å²) in [7, 11) is 0. The van der Waals surface area contributed by atoms with Gasteiger partial charge in [0.05, 0.1) is 12.2 Å². The Hall–Kier alpha value is -1.26. The maximum Gasteiger partial charge on any atom is 0.411 e. The van der Waals surface area contributed by atoms with Crippen molar-refractivity contribution in [2.75, 3.05) is 5.32 Å². The van der Waals surface area contributed by atoms with E-state index in [0.717, 1.165) is 18.3 Å². The van der Waals surface area contributed by atoms with Gasteiger partial charge < -0.3 is 9.47 Å². The summed E-state index contributed by atoms with van der Waals surface area (Å²) in [5, 5.41) is 3.44. The fraction of sp³-hybridized carbons (Fsp3) is 0.588. The van der Waals surface area contributed by atoms with Crippen LogP contribution in [0.3, 0.4) is 0 Å². The molecule has 1 aromatic carbocycles. The molecular formula is C17H18ClNO3. The van der Waals surface area contributed by atoms with Crippen LogP contribution in [-0.2, 0) is 9.47 Å². The van der Waals surface area contributed by atoms with E-state index in [4.69, 9.17) is 21.1 Å². The molecule has 1 N–H and O–H groups in total. The number of carbonyl (C=O) groups excluding carboxylic acids is 1. The maximum atomic E-state index is 12.1. The lowest BCUT2D eigenvalue weighted by Crippen LogP contribution is -2.35. The van der Waals surface area contributed by atoms with Crippen LogP contribution >= 0.6 is 11.6 Å². The van der Waals surface area contributed by atoms with Crippen LogP contribution in [0.25, 0.3) is 0 Å². The minimum absolute atomic E-state index is 0.0797. The first-order valence-corrected chi connectivity index (χ1v) is 8.45. The summed E-state index contributed by atoms with van der Waals surface area (Å²) in [4.78, 5) is 12.1. The monoisotopic (exact) mass is 319 g/mol. The lowest BCUT2D eigenvalue weighted by Gasteiger charge is -2.32. The Balaban J connectivity index is 1.22. The molecule has 7 atom stereocenters. The van der Waals surface area contributed by atoms with Gasteiger partial charge in [0, 0.05) is 10.7 Å². The van der Waals surface area contributed by atoms with E-state index in [1.54, 1.807) is 24.3 Å². The van der Waals surface area contributed by atoms with Gasteiger partial charge in [-0.2, -0.15) is 0 Å². The topological polar surface area (TPSA) is 50.9 Å². The van der Waals surface area contributed by atoms with Crippen LogP contribution in [0.2, 0.25) is 5.02 Å². The van der Waals surface area contributed by atoms with Crippen molar-refractivity contribution in [3.8, 4) is 0 Å². The molecule has 4 nitrogen and oxygen atoms in total. The van der Waals surface area contributed by atoms with Crippen LogP contribution in [0.1, 0.15) is 19.3 Å². The summed E-state index contributed by atoms with van der Waals surface area (Å²) >= 11 is 5.84. The van der Waals surface area contributed by atoms with Crippen LogP contribution in [0.4, 0.5) is 10.5 Å². The van der Waals surface area contributed by atoms with Gasteiger partial charge in [-0.25, -0.2) is 4.79 Å². The second-order valence-corrected chi connectivity index (χ2v) is 7.52. The number of ether oxygens (including phenoxy) is 2. The Morgan fingerprint density at radius 3 is 2.82 bits per heavy atom. The van der Waals surface area contributed by atoms with Gasteiger partial charge in [0.25, 0.3) is 0 Å². The van der Waals surface area contributed by atoms with Crippen LogP contribution in [0.5, 0.6) is 0 Å². The Morgan fingerprint density at radius 2 is 2.00 bits per heavy atom. The molecule has 0 aromatic heterocycles. The van der Waals surface area contributed by atoms with Gasteiger partial charge in [0.15, 0.2) is 0 Å². The maximum absolute atomic E-state index is 12.1. The molecule has 5 heteroatoms. The van der Waals surface area contributed by atoms with Crippen molar-refractivity contribution in [1.82, 2.24) is 0 Å². The van der Waals surface area contributed by atoms with Gasteiger partial charge in [0.2, 0.25) is 0 Å². The van der Waals surface area contributed by atoms with E-state index >= 15 is 0 Å². The molecule has 1 aromatic rings. The van der Waals surface area contributed by atoms with E-state index in [-0.39, 0.29) is 12.2 Å². The molecule has 0 unspecified atom stereocenters. The number of benzene rings is 1. The molecule has 1 amide bonds. The second-order valence-electron chi connectivity index (χ2n) is 7.09. The summed E-state index contributed by atoms with van der Waals surface area (Å²) < 4.78 is 11.4. The van der Waals surface area contributed by atoms with Gasteiger partial charge in [-0.15, -0.1) is 0 Å². The summed E-state index contributed by atoms with van der Waals surface area (Å²) in [6, 6.07) is 7.07. The molecule has 0 spiro atoms. The average molecular weight is 320 g/mol. The van der Waals surface area contributed by atoms with E-state index in [0.29, 0.717) is 34.8 Å². The molecule has 5 rings (SSSR count). The van der Waals surface area contributed by atoms with Crippen molar-refractivity contribution in [3.05, 3.63) is 29.3 Å². The summed E-state index contributed by atoms with van der Waals surface area (Å²) in [6.07, 6.45) is 4.17. The Morgan fingerprint density at radius 1 is 1.18 bits per heavy atom. The summed E-state index contributed by atoms with van der Waals surface area (Å²) in [5.41, 5.74) is 0.714. The van der Waals surface area contributed by atoms with Crippen molar-refractivity contribution in [2.45, 2.75) is 37.6 Å². The summed E-state index contributed by atoms with van der Waals surface area (Å²) in [5.74, 6) is 2.70. The Labute approximate surface area is 134 Å². The first-order chi connectivity index (χ1) is 10.7. The smallest absolute Gasteiger partial charge is 0.411 e. The van der Waals surface area contributed by atoms with E-state index in [2.05, 4.69) is 5.32 Å². The summed E-state index contributed by atoms with van der Waals surface area (Å²) in [6.45, 7) is 0. The van der Waals surface area contributed by atoms with Crippen molar-refractivity contribution in [1.29, 1.82) is 0 Å². The highest BCUT2D eigenvalue weighted by atomic mass is 35.5. The zero-order valence-corrected chi connectivity index (χ0v) is 12.8.